The third-order valence-electron chi connectivity index (χ3n) is 2.82. The number of rotatable bonds is 2. The number of hydrogen-bond acceptors (Lipinski definition) is 4. The van der Waals surface area contributed by atoms with Gasteiger partial charge in [-0.3, -0.25) is 0 Å². The van der Waals surface area contributed by atoms with Crippen molar-refractivity contribution >= 4 is 17.2 Å². The first-order valence-corrected chi connectivity index (χ1v) is 5.64. The number of hydrogen-bond donors (Lipinski definition) is 2. The van der Waals surface area contributed by atoms with Crippen molar-refractivity contribution in [3.63, 3.8) is 0 Å². The molecule has 0 unspecified atom stereocenters. The van der Waals surface area contributed by atoms with E-state index in [1.165, 1.54) is 17.0 Å². The van der Waals surface area contributed by atoms with Crippen molar-refractivity contribution in [2.45, 2.75) is 6.18 Å². The molecule has 7 heteroatoms. The number of halogens is 3. The largest absolute Gasteiger partial charge is 0.508 e. The molecule has 2 rings (SSSR count). The first kappa shape index (κ1) is 14.0. The van der Waals surface area contributed by atoms with Crippen LogP contribution in [0.1, 0.15) is 5.56 Å². The summed E-state index contributed by atoms with van der Waals surface area (Å²) in [6.07, 6.45) is -3.78. The summed E-state index contributed by atoms with van der Waals surface area (Å²) in [5.74, 6) is 0.0610. The number of benzene rings is 1. The molecular formula is C13H12F3N3O. The highest BCUT2D eigenvalue weighted by Gasteiger charge is 2.32. The Labute approximate surface area is 113 Å². The van der Waals surface area contributed by atoms with Crippen molar-refractivity contribution in [1.82, 2.24) is 4.98 Å². The highest BCUT2D eigenvalue weighted by atomic mass is 19.4. The summed E-state index contributed by atoms with van der Waals surface area (Å²) >= 11 is 0. The van der Waals surface area contributed by atoms with Gasteiger partial charge >= 0.3 is 6.18 Å². The van der Waals surface area contributed by atoms with Crippen LogP contribution in [-0.4, -0.2) is 17.1 Å². The molecule has 0 saturated carbocycles. The Morgan fingerprint density at radius 2 is 1.80 bits per heavy atom. The highest BCUT2D eigenvalue weighted by Crippen LogP contribution is 2.35. The van der Waals surface area contributed by atoms with Crippen LogP contribution in [-0.2, 0) is 6.18 Å². The predicted octanol–water partition coefficient (Wildman–Crippen LogP) is 3.16. The molecule has 4 nitrogen and oxygen atoms in total. The van der Waals surface area contributed by atoms with Gasteiger partial charge in [0.25, 0.3) is 0 Å². The van der Waals surface area contributed by atoms with Crippen LogP contribution in [0.3, 0.4) is 0 Å². The molecule has 0 radical (unpaired) electrons. The van der Waals surface area contributed by atoms with Crippen LogP contribution < -0.4 is 10.6 Å². The second kappa shape index (κ2) is 4.92. The minimum atomic E-state index is -4.48. The maximum absolute atomic E-state index is 12.7. The Bertz CT molecular complexity index is 611. The fourth-order valence-electron chi connectivity index (χ4n) is 1.70. The molecule has 0 aliphatic heterocycles. The monoisotopic (exact) mass is 283 g/mol. The molecule has 0 aliphatic carbocycles. The lowest BCUT2D eigenvalue weighted by Gasteiger charge is -2.21. The molecule has 0 saturated heterocycles. The van der Waals surface area contributed by atoms with Gasteiger partial charge in [0.1, 0.15) is 11.6 Å². The van der Waals surface area contributed by atoms with Crippen LogP contribution in [0.25, 0.3) is 0 Å². The van der Waals surface area contributed by atoms with Crippen LogP contribution in [0, 0.1) is 0 Å². The molecular weight excluding hydrogens is 271 g/mol. The van der Waals surface area contributed by atoms with Gasteiger partial charge in [-0.05, 0) is 30.3 Å². The number of phenolic OH excluding ortho intramolecular Hbond substituents is 1. The van der Waals surface area contributed by atoms with E-state index >= 15 is 0 Å². The SMILES string of the molecule is CN(c1ccc(O)cc1)c1cc(C(F)(F)F)cnc1N. The van der Waals surface area contributed by atoms with Crippen LogP contribution in [0.2, 0.25) is 0 Å². The van der Waals surface area contributed by atoms with Gasteiger partial charge in [0.05, 0.1) is 11.3 Å². The zero-order chi connectivity index (χ0) is 14.9. The van der Waals surface area contributed by atoms with Crippen molar-refractivity contribution in [3.05, 3.63) is 42.1 Å². The van der Waals surface area contributed by atoms with Crippen LogP contribution >= 0.6 is 0 Å². The lowest BCUT2D eigenvalue weighted by atomic mass is 10.2. The number of aromatic nitrogens is 1. The van der Waals surface area contributed by atoms with E-state index < -0.39 is 11.7 Å². The number of phenols is 1. The smallest absolute Gasteiger partial charge is 0.417 e. The minimum Gasteiger partial charge on any atom is -0.508 e. The molecule has 20 heavy (non-hydrogen) atoms. The second-order valence-electron chi connectivity index (χ2n) is 4.20. The van der Waals surface area contributed by atoms with Gasteiger partial charge in [-0.2, -0.15) is 13.2 Å². The molecule has 0 spiro atoms. The van der Waals surface area contributed by atoms with E-state index in [-0.39, 0.29) is 17.3 Å². The molecule has 0 fully saturated rings. The van der Waals surface area contributed by atoms with E-state index in [1.807, 2.05) is 0 Å². The predicted molar refractivity (Wildman–Crippen MR) is 69.8 cm³/mol. The van der Waals surface area contributed by atoms with Gasteiger partial charge in [0.15, 0.2) is 0 Å². The number of aromatic hydroxyl groups is 1. The summed E-state index contributed by atoms with van der Waals surface area (Å²) in [6.45, 7) is 0. The van der Waals surface area contributed by atoms with Gasteiger partial charge in [-0.25, -0.2) is 4.98 Å². The van der Waals surface area contributed by atoms with Crippen LogP contribution in [0.15, 0.2) is 36.5 Å². The fourth-order valence-corrected chi connectivity index (χ4v) is 1.70. The summed E-state index contributed by atoms with van der Waals surface area (Å²) < 4.78 is 38.1. The van der Waals surface area contributed by atoms with Gasteiger partial charge in [-0.1, -0.05) is 0 Å². The van der Waals surface area contributed by atoms with E-state index in [0.717, 1.165) is 6.07 Å². The quantitative estimate of drug-likeness (QED) is 0.888. The van der Waals surface area contributed by atoms with Crippen LogP contribution in [0.4, 0.5) is 30.4 Å². The Balaban J connectivity index is 2.43. The number of pyridine rings is 1. The van der Waals surface area contributed by atoms with E-state index in [4.69, 9.17) is 5.73 Å². The third kappa shape index (κ3) is 2.76. The van der Waals surface area contributed by atoms with Crippen LogP contribution in [0.5, 0.6) is 5.75 Å². The Kier molecular flexibility index (Phi) is 3.44. The van der Waals surface area contributed by atoms with Gasteiger partial charge in [0, 0.05) is 18.9 Å². The second-order valence-corrected chi connectivity index (χ2v) is 4.20. The molecule has 1 aromatic heterocycles. The van der Waals surface area contributed by atoms with Crippen molar-refractivity contribution in [3.8, 4) is 5.75 Å². The molecule has 0 aliphatic rings. The molecule has 106 valence electrons. The first-order valence-electron chi connectivity index (χ1n) is 5.64. The minimum absolute atomic E-state index is 0.00595. The van der Waals surface area contributed by atoms with E-state index in [0.29, 0.717) is 11.9 Å². The number of nitrogens with two attached hydrogens (primary N) is 1. The Morgan fingerprint density at radius 1 is 1.20 bits per heavy atom. The lowest BCUT2D eigenvalue weighted by molar-refractivity contribution is -0.137. The number of alkyl halides is 3. The van der Waals surface area contributed by atoms with E-state index in [2.05, 4.69) is 4.98 Å². The standard InChI is InChI=1S/C13H12F3N3O/c1-19(9-2-4-10(20)5-3-9)11-6-8(13(14,15)16)7-18-12(11)17/h2-7,20H,1H3,(H2,17,18). The molecule has 0 atom stereocenters. The summed E-state index contributed by atoms with van der Waals surface area (Å²) in [6, 6.07) is 6.94. The molecule has 3 N–H and O–H groups in total. The highest BCUT2D eigenvalue weighted by molar-refractivity contribution is 5.72. The average molecular weight is 283 g/mol. The molecule has 0 amide bonds. The van der Waals surface area contributed by atoms with Crippen molar-refractivity contribution in [1.29, 1.82) is 0 Å². The number of anilines is 3. The zero-order valence-electron chi connectivity index (χ0n) is 10.5. The van der Waals surface area contributed by atoms with Gasteiger partial charge < -0.3 is 15.7 Å². The summed E-state index contributed by atoms with van der Waals surface area (Å²) in [7, 11) is 1.57. The average Bonchev–Trinajstić information content (AvgIpc) is 2.38. The van der Waals surface area contributed by atoms with Gasteiger partial charge in [0.2, 0.25) is 0 Å². The normalized spacial score (nSPS) is 11.4. The van der Waals surface area contributed by atoms with Gasteiger partial charge in [-0.15, -0.1) is 0 Å². The Hall–Kier alpha value is -2.44. The number of nitrogen functional groups attached to an aromatic ring is 1. The van der Waals surface area contributed by atoms with E-state index in [1.54, 1.807) is 19.2 Å². The zero-order valence-corrected chi connectivity index (χ0v) is 10.5. The number of nitrogens with zero attached hydrogens (tertiary/aromatic N) is 2. The van der Waals surface area contributed by atoms with Crippen molar-refractivity contribution in [2.24, 2.45) is 0 Å². The molecule has 0 bridgehead atoms. The summed E-state index contributed by atoms with van der Waals surface area (Å²) in [5.41, 5.74) is 5.49. The van der Waals surface area contributed by atoms with E-state index in [9.17, 15) is 18.3 Å². The fraction of sp³-hybridized carbons (Fsp3) is 0.154. The topological polar surface area (TPSA) is 62.4 Å². The maximum atomic E-state index is 12.7. The van der Waals surface area contributed by atoms with Crippen molar-refractivity contribution < 1.29 is 18.3 Å². The Morgan fingerprint density at radius 3 is 2.35 bits per heavy atom. The summed E-state index contributed by atoms with van der Waals surface area (Å²) in [4.78, 5) is 5.05. The first-order chi connectivity index (χ1) is 9.29. The van der Waals surface area contributed by atoms with Crippen molar-refractivity contribution in [2.75, 3.05) is 17.7 Å². The molecule has 1 aromatic carbocycles. The molecule has 2 aromatic rings. The third-order valence-corrected chi connectivity index (χ3v) is 2.82. The maximum Gasteiger partial charge on any atom is 0.417 e. The lowest BCUT2D eigenvalue weighted by Crippen LogP contribution is -2.15. The summed E-state index contributed by atoms with van der Waals surface area (Å²) in [5, 5.41) is 9.21. The molecule has 1 heterocycles.